The quantitative estimate of drug-likeness (QED) is 0.622. The van der Waals surface area contributed by atoms with E-state index in [0.717, 1.165) is 48.3 Å². The van der Waals surface area contributed by atoms with E-state index in [2.05, 4.69) is 16.2 Å². The standard InChI is InChI=1S/C20H17F3N2O/c21-20(22,23)14-6-3-5-13(11-14)12-26-25-18-10-4-8-16-15-7-1-2-9-17(15)24-19(16)18/h1-3,5-7,9,11,24H,4,8,10,12H2/b25-18-. The van der Waals surface area contributed by atoms with Gasteiger partial charge in [-0.15, -0.1) is 0 Å². The van der Waals surface area contributed by atoms with E-state index < -0.39 is 11.7 Å². The molecule has 0 atom stereocenters. The Morgan fingerprint density at radius 2 is 1.88 bits per heavy atom. The maximum Gasteiger partial charge on any atom is 0.416 e. The predicted molar refractivity (Wildman–Crippen MR) is 94.0 cm³/mol. The van der Waals surface area contributed by atoms with Gasteiger partial charge >= 0.3 is 6.18 Å². The monoisotopic (exact) mass is 358 g/mol. The topological polar surface area (TPSA) is 37.4 Å². The highest BCUT2D eigenvalue weighted by atomic mass is 19.4. The Bertz CT molecular complexity index is 973. The molecule has 0 fully saturated rings. The van der Waals surface area contributed by atoms with Crippen molar-refractivity contribution < 1.29 is 18.0 Å². The minimum Gasteiger partial charge on any atom is -0.391 e. The number of para-hydroxylation sites is 1. The Labute approximate surface area is 148 Å². The van der Waals surface area contributed by atoms with E-state index in [1.54, 1.807) is 6.07 Å². The van der Waals surface area contributed by atoms with Crippen LogP contribution in [0.25, 0.3) is 10.9 Å². The summed E-state index contributed by atoms with van der Waals surface area (Å²) in [5.41, 5.74) is 3.84. The number of benzene rings is 2. The van der Waals surface area contributed by atoms with Crippen molar-refractivity contribution in [3.05, 3.63) is 70.9 Å². The van der Waals surface area contributed by atoms with Crippen molar-refractivity contribution in [2.75, 3.05) is 0 Å². The van der Waals surface area contributed by atoms with Crippen molar-refractivity contribution in [2.24, 2.45) is 5.16 Å². The van der Waals surface area contributed by atoms with E-state index in [1.165, 1.54) is 17.0 Å². The van der Waals surface area contributed by atoms with Crippen molar-refractivity contribution in [3.63, 3.8) is 0 Å². The van der Waals surface area contributed by atoms with Gasteiger partial charge in [-0.1, -0.05) is 35.5 Å². The summed E-state index contributed by atoms with van der Waals surface area (Å²) in [5, 5.41) is 5.40. The van der Waals surface area contributed by atoms with Crippen LogP contribution in [-0.2, 0) is 24.0 Å². The highest BCUT2D eigenvalue weighted by Crippen LogP contribution is 2.31. The molecule has 1 N–H and O–H groups in total. The lowest BCUT2D eigenvalue weighted by Crippen LogP contribution is -2.12. The van der Waals surface area contributed by atoms with Crippen LogP contribution < -0.4 is 0 Å². The molecule has 4 rings (SSSR count). The highest BCUT2D eigenvalue weighted by molar-refractivity contribution is 6.06. The van der Waals surface area contributed by atoms with Crippen LogP contribution in [0, 0.1) is 0 Å². The van der Waals surface area contributed by atoms with E-state index >= 15 is 0 Å². The Morgan fingerprint density at radius 1 is 1.04 bits per heavy atom. The molecule has 6 heteroatoms. The summed E-state index contributed by atoms with van der Waals surface area (Å²) in [5.74, 6) is 0. The van der Waals surface area contributed by atoms with E-state index in [1.807, 2.05) is 18.2 Å². The Morgan fingerprint density at radius 3 is 2.73 bits per heavy atom. The highest BCUT2D eigenvalue weighted by Gasteiger charge is 2.30. The van der Waals surface area contributed by atoms with Crippen LogP contribution in [-0.4, -0.2) is 10.7 Å². The Hall–Kier alpha value is -2.76. The van der Waals surface area contributed by atoms with Crippen LogP contribution in [0.3, 0.4) is 0 Å². The van der Waals surface area contributed by atoms with Crippen molar-refractivity contribution in [3.8, 4) is 0 Å². The summed E-state index contributed by atoms with van der Waals surface area (Å²) in [6.45, 7) is 0.00296. The molecule has 2 aromatic carbocycles. The van der Waals surface area contributed by atoms with Gasteiger partial charge in [0.05, 0.1) is 11.3 Å². The summed E-state index contributed by atoms with van der Waals surface area (Å²) in [6.07, 6.45) is -1.63. The largest absolute Gasteiger partial charge is 0.416 e. The van der Waals surface area contributed by atoms with Crippen molar-refractivity contribution in [1.82, 2.24) is 4.98 Å². The number of rotatable bonds is 3. The lowest BCUT2D eigenvalue weighted by molar-refractivity contribution is -0.137. The number of oxime groups is 1. The van der Waals surface area contributed by atoms with Gasteiger partial charge in [0.2, 0.25) is 0 Å². The fourth-order valence-corrected chi connectivity index (χ4v) is 3.38. The molecule has 1 heterocycles. The number of fused-ring (bicyclic) bond motifs is 3. The lowest BCUT2D eigenvalue weighted by Gasteiger charge is -2.14. The average Bonchev–Trinajstić information content (AvgIpc) is 3.01. The zero-order valence-electron chi connectivity index (χ0n) is 13.9. The van der Waals surface area contributed by atoms with Crippen molar-refractivity contribution in [1.29, 1.82) is 0 Å². The number of aromatic amines is 1. The number of alkyl halides is 3. The van der Waals surface area contributed by atoms with Gasteiger partial charge in [0, 0.05) is 10.9 Å². The zero-order valence-corrected chi connectivity index (χ0v) is 13.9. The van der Waals surface area contributed by atoms with Crippen LogP contribution in [0.2, 0.25) is 0 Å². The van der Waals surface area contributed by atoms with Gasteiger partial charge in [-0.3, -0.25) is 0 Å². The van der Waals surface area contributed by atoms with Crippen LogP contribution in [0.4, 0.5) is 13.2 Å². The van der Waals surface area contributed by atoms with Gasteiger partial charge < -0.3 is 9.82 Å². The zero-order chi connectivity index (χ0) is 18.1. The number of hydrogen-bond acceptors (Lipinski definition) is 2. The number of nitrogens with one attached hydrogen (secondary N) is 1. The first-order valence-electron chi connectivity index (χ1n) is 8.47. The van der Waals surface area contributed by atoms with Crippen molar-refractivity contribution >= 4 is 16.6 Å². The third-order valence-electron chi connectivity index (χ3n) is 4.60. The first kappa shape index (κ1) is 16.7. The molecule has 134 valence electrons. The second-order valence-corrected chi connectivity index (χ2v) is 6.39. The van der Waals surface area contributed by atoms with Crippen LogP contribution in [0.5, 0.6) is 0 Å². The van der Waals surface area contributed by atoms with Gasteiger partial charge in [0.25, 0.3) is 0 Å². The minimum atomic E-state index is -4.36. The van der Waals surface area contributed by atoms with Gasteiger partial charge in [0.15, 0.2) is 0 Å². The number of halogens is 3. The third kappa shape index (κ3) is 3.19. The molecule has 0 amide bonds. The van der Waals surface area contributed by atoms with Crippen molar-refractivity contribution in [2.45, 2.75) is 32.0 Å². The summed E-state index contributed by atoms with van der Waals surface area (Å²) in [6, 6.07) is 13.2. The Balaban J connectivity index is 1.54. The summed E-state index contributed by atoms with van der Waals surface area (Å²) in [7, 11) is 0. The molecule has 0 radical (unpaired) electrons. The van der Waals surface area contributed by atoms with Gasteiger partial charge in [-0.05, 0) is 48.6 Å². The van der Waals surface area contributed by atoms with Gasteiger partial charge in [0.1, 0.15) is 12.3 Å². The number of aromatic nitrogens is 1. The van der Waals surface area contributed by atoms with Crippen LogP contribution in [0.15, 0.2) is 53.7 Å². The van der Waals surface area contributed by atoms with Gasteiger partial charge in [-0.25, -0.2) is 0 Å². The molecule has 1 aliphatic rings. The molecular weight excluding hydrogens is 341 g/mol. The molecule has 3 nitrogen and oxygen atoms in total. The molecule has 3 aromatic rings. The number of hydrogen-bond donors (Lipinski definition) is 1. The smallest absolute Gasteiger partial charge is 0.391 e. The number of H-pyrrole nitrogens is 1. The fourth-order valence-electron chi connectivity index (χ4n) is 3.38. The summed E-state index contributed by atoms with van der Waals surface area (Å²) >= 11 is 0. The van der Waals surface area contributed by atoms with Crippen LogP contribution >= 0.6 is 0 Å². The third-order valence-corrected chi connectivity index (χ3v) is 4.60. The fraction of sp³-hybridized carbons (Fsp3) is 0.250. The predicted octanol–water partition coefficient (Wildman–Crippen LogP) is 5.44. The number of nitrogens with zero attached hydrogens (tertiary/aromatic N) is 1. The molecular formula is C20H17F3N2O. The van der Waals surface area contributed by atoms with E-state index in [4.69, 9.17) is 4.84 Å². The normalized spacial score (nSPS) is 16.0. The van der Waals surface area contributed by atoms with E-state index in [-0.39, 0.29) is 6.61 Å². The van der Waals surface area contributed by atoms with E-state index in [0.29, 0.717) is 5.56 Å². The maximum absolute atomic E-state index is 12.8. The molecule has 0 saturated heterocycles. The molecule has 0 unspecified atom stereocenters. The lowest BCUT2D eigenvalue weighted by atomic mass is 9.94. The van der Waals surface area contributed by atoms with Crippen LogP contribution in [0.1, 0.15) is 35.2 Å². The Kier molecular flexibility index (Phi) is 4.18. The SMILES string of the molecule is FC(F)(F)c1cccc(CO/N=C2/CCCc3c2[nH]c2ccccc32)c1. The molecule has 1 aromatic heterocycles. The maximum atomic E-state index is 12.8. The molecule has 0 aliphatic heterocycles. The van der Waals surface area contributed by atoms with E-state index in [9.17, 15) is 13.2 Å². The summed E-state index contributed by atoms with van der Waals surface area (Å²) in [4.78, 5) is 8.76. The summed E-state index contributed by atoms with van der Waals surface area (Å²) < 4.78 is 38.3. The second kappa shape index (κ2) is 6.52. The van der Waals surface area contributed by atoms with Gasteiger partial charge in [-0.2, -0.15) is 13.2 Å². The molecule has 0 spiro atoms. The first-order valence-corrected chi connectivity index (χ1v) is 8.47. The average molecular weight is 358 g/mol. The molecule has 0 saturated carbocycles. The number of aryl methyl sites for hydroxylation is 1. The second-order valence-electron chi connectivity index (χ2n) is 6.39. The molecule has 0 bridgehead atoms. The minimum absolute atomic E-state index is 0.00296. The molecule has 26 heavy (non-hydrogen) atoms. The molecule has 1 aliphatic carbocycles. The first-order chi connectivity index (χ1) is 12.5.